The summed E-state index contributed by atoms with van der Waals surface area (Å²) in [5.41, 5.74) is 0. The summed E-state index contributed by atoms with van der Waals surface area (Å²) in [5.74, 6) is 0.942. The van der Waals surface area contributed by atoms with Gasteiger partial charge >= 0.3 is 30.0 Å². The Kier molecular flexibility index (Phi) is 10.3. The van der Waals surface area contributed by atoms with Crippen LogP contribution >= 0.6 is 13.6 Å². The standard InChI is InChI=1S/C10H13O.BrH.Zn/c1-2-3-9-11-10-7-5-4-6-8-10;;/h5-8H,2-3,9H2,1H3;1H;/q-1;;+2/p-1. The molecule has 0 unspecified atom stereocenters. The molecule has 0 saturated heterocycles. The first-order chi connectivity index (χ1) is 6.43. The van der Waals surface area contributed by atoms with Crippen LogP contribution in [0, 0.1) is 6.07 Å². The molecule has 0 amide bonds. The van der Waals surface area contributed by atoms with Crippen molar-refractivity contribution in [2.45, 2.75) is 19.8 Å². The van der Waals surface area contributed by atoms with Gasteiger partial charge in [0.15, 0.2) is 0 Å². The van der Waals surface area contributed by atoms with Crippen LogP contribution in [0.15, 0.2) is 24.3 Å². The summed E-state index contributed by atoms with van der Waals surface area (Å²) in [4.78, 5) is 0. The van der Waals surface area contributed by atoms with E-state index in [0.29, 0.717) is 0 Å². The van der Waals surface area contributed by atoms with Crippen molar-refractivity contribution in [2.75, 3.05) is 6.61 Å². The number of hydrogen-bond donors (Lipinski definition) is 0. The Bertz CT molecular complexity index is 191. The number of unbranched alkanes of at least 4 members (excludes halogenated alkanes) is 1. The van der Waals surface area contributed by atoms with Gasteiger partial charge in [0, 0.05) is 5.75 Å². The molecule has 0 atom stereocenters. The average molecular weight is 295 g/mol. The molecule has 0 heterocycles. The molecule has 68 valence electrons. The normalized spacial score (nSPS) is 8.62. The molecule has 0 aromatic heterocycles. The van der Waals surface area contributed by atoms with E-state index in [9.17, 15) is 0 Å². The Labute approximate surface area is 96.9 Å². The topological polar surface area (TPSA) is 9.23 Å². The van der Waals surface area contributed by atoms with Gasteiger partial charge in [-0.1, -0.05) is 13.3 Å². The van der Waals surface area contributed by atoms with Crippen LogP contribution in [0.4, 0.5) is 0 Å². The SMILES string of the molecule is CCCCOc1cc[c-]cc1.[Zn+][Br]. The first kappa shape index (κ1) is 13.1. The molecule has 0 spiro atoms. The zero-order valence-electron chi connectivity index (χ0n) is 7.92. The predicted octanol–water partition coefficient (Wildman–Crippen LogP) is 3.51. The molecule has 13 heavy (non-hydrogen) atoms. The van der Waals surface area contributed by atoms with E-state index in [1.54, 1.807) is 0 Å². The van der Waals surface area contributed by atoms with E-state index in [2.05, 4.69) is 26.6 Å². The maximum absolute atomic E-state index is 5.43. The molecule has 0 bridgehead atoms. The Balaban J connectivity index is 0.000000671. The van der Waals surface area contributed by atoms with Gasteiger partial charge in [0.1, 0.15) is 0 Å². The second-order valence-corrected chi connectivity index (χ2v) is 2.44. The van der Waals surface area contributed by atoms with Crippen molar-refractivity contribution >= 4 is 13.6 Å². The van der Waals surface area contributed by atoms with Crippen LogP contribution in [0.5, 0.6) is 5.75 Å². The number of hydrogen-bond acceptors (Lipinski definition) is 1. The van der Waals surface area contributed by atoms with E-state index in [1.807, 2.05) is 24.3 Å². The van der Waals surface area contributed by atoms with Crippen molar-refractivity contribution in [1.82, 2.24) is 0 Å². The van der Waals surface area contributed by atoms with Crippen LogP contribution in [0.3, 0.4) is 0 Å². The molecule has 0 aliphatic heterocycles. The van der Waals surface area contributed by atoms with Crippen LogP contribution in [0.25, 0.3) is 0 Å². The minimum atomic E-state index is 0.820. The quantitative estimate of drug-likeness (QED) is 0.469. The Morgan fingerprint density at radius 3 is 2.54 bits per heavy atom. The first-order valence-electron chi connectivity index (χ1n) is 4.29. The summed E-state index contributed by atoms with van der Waals surface area (Å²) in [7, 11) is 0. The number of rotatable bonds is 4. The summed E-state index contributed by atoms with van der Waals surface area (Å²) in [6, 6.07) is 10.5. The summed E-state index contributed by atoms with van der Waals surface area (Å²) < 4.78 is 5.43. The van der Waals surface area contributed by atoms with E-state index in [1.165, 1.54) is 22.8 Å². The molecule has 0 aliphatic carbocycles. The predicted molar refractivity (Wildman–Crippen MR) is 54.6 cm³/mol. The van der Waals surface area contributed by atoms with Gasteiger partial charge in [-0.05, 0) is 6.42 Å². The monoisotopic (exact) mass is 292 g/mol. The molecule has 0 N–H and O–H groups in total. The molecule has 1 aromatic carbocycles. The molecule has 0 aliphatic rings. The van der Waals surface area contributed by atoms with Crippen molar-refractivity contribution < 1.29 is 21.1 Å². The zero-order chi connectivity index (χ0) is 9.94. The van der Waals surface area contributed by atoms with Crippen molar-refractivity contribution in [2.24, 2.45) is 0 Å². The van der Waals surface area contributed by atoms with Gasteiger partial charge in [-0.3, -0.25) is 0 Å². The van der Waals surface area contributed by atoms with Gasteiger partial charge < -0.3 is 4.74 Å². The second-order valence-electron chi connectivity index (χ2n) is 2.44. The van der Waals surface area contributed by atoms with Gasteiger partial charge in [0.05, 0.1) is 6.61 Å². The third-order valence-corrected chi connectivity index (χ3v) is 1.45. The Hall–Kier alpha value is 0.123. The fourth-order valence-corrected chi connectivity index (χ4v) is 0.802. The molecule has 1 aromatic rings. The number of halogens is 1. The maximum atomic E-state index is 5.43. The molecular formula is C10H13BrOZn. The van der Waals surface area contributed by atoms with E-state index >= 15 is 0 Å². The van der Waals surface area contributed by atoms with Crippen molar-refractivity contribution in [3.05, 3.63) is 30.3 Å². The Morgan fingerprint density at radius 2 is 2.00 bits per heavy atom. The molecular weight excluding hydrogens is 281 g/mol. The third kappa shape index (κ3) is 7.21. The van der Waals surface area contributed by atoms with Gasteiger partial charge in [-0.25, -0.2) is 0 Å². The van der Waals surface area contributed by atoms with E-state index < -0.39 is 0 Å². The summed E-state index contributed by atoms with van der Waals surface area (Å²) >= 11 is 4.25. The minimum absolute atomic E-state index is 0.820. The van der Waals surface area contributed by atoms with Crippen molar-refractivity contribution in [3.63, 3.8) is 0 Å². The third-order valence-electron chi connectivity index (χ3n) is 1.45. The van der Waals surface area contributed by atoms with Crippen LogP contribution in [-0.2, 0) is 16.3 Å². The van der Waals surface area contributed by atoms with Gasteiger partial charge in [0.2, 0.25) is 0 Å². The fraction of sp³-hybridized carbons (Fsp3) is 0.400. The number of benzene rings is 1. The molecule has 1 rings (SSSR count). The summed E-state index contributed by atoms with van der Waals surface area (Å²) in [6.07, 6.45) is 2.30. The molecule has 1 nitrogen and oxygen atoms in total. The Morgan fingerprint density at radius 1 is 1.38 bits per heavy atom. The van der Waals surface area contributed by atoms with Crippen LogP contribution in [-0.4, -0.2) is 6.61 Å². The van der Waals surface area contributed by atoms with Gasteiger partial charge in [-0.2, -0.15) is 18.2 Å². The van der Waals surface area contributed by atoms with Crippen LogP contribution in [0.1, 0.15) is 19.8 Å². The van der Waals surface area contributed by atoms with Crippen LogP contribution < -0.4 is 4.74 Å². The summed E-state index contributed by atoms with van der Waals surface area (Å²) in [5, 5.41) is 0. The van der Waals surface area contributed by atoms with E-state index in [-0.39, 0.29) is 0 Å². The second kappa shape index (κ2) is 10.2. The van der Waals surface area contributed by atoms with Gasteiger partial charge in [0.25, 0.3) is 0 Å². The summed E-state index contributed by atoms with van der Waals surface area (Å²) in [6.45, 7) is 2.97. The molecule has 3 heteroatoms. The zero-order valence-corrected chi connectivity index (χ0v) is 12.5. The van der Waals surface area contributed by atoms with Crippen molar-refractivity contribution in [1.29, 1.82) is 0 Å². The first-order valence-corrected chi connectivity index (χ1v) is 11.2. The van der Waals surface area contributed by atoms with Crippen molar-refractivity contribution in [3.8, 4) is 5.75 Å². The van der Waals surface area contributed by atoms with E-state index in [4.69, 9.17) is 4.74 Å². The van der Waals surface area contributed by atoms with Crippen LogP contribution in [0.2, 0.25) is 0 Å². The fourth-order valence-electron chi connectivity index (χ4n) is 0.802. The average Bonchev–Trinajstić information content (AvgIpc) is 2.23. The molecule has 0 saturated carbocycles. The number of ether oxygens (including phenoxy) is 1. The molecule has 0 radical (unpaired) electrons. The molecule has 0 fully saturated rings. The van der Waals surface area contributed by atoms with Gasteiger partial charge in [-0.15, -0.1) is 12.1 Å². The van der Waals surface area contributed by atoms with E-state index in [0.717, 1.165) is 18.8 Å².